The zero-order valence-electron chi connectivity index (χ0n) is 9.71. The van der Waals surface area contributed by atoms with Gasteiger partial charge in [-0.2, -0.15) is 0 Å². The molecular weight excluding hydrogens is 242 g/mol. The third kappa shape index (κ3) is 3.83. The van der Waals surface area contributed by atoms with Crippen molar-refractivity contribution in [2.75, 3.05) is 0 Å². The SMILES string of the molecule is CCC(C)C(=O)Oc1ccc(S(N)(=O)=O)cc1. The van der Waals surface area contributed by atoms with Gasteiger partial charge in [-0.15, -0.1) is 0 Å². The summed E-state index contributed by atoms with van der Waals surface area (Å²) >= 11 is 0. The Labute approximate surface area is 101 Å². The molecule has 5 nitrogen and oxygen atoms in total. The van der Waals surface area contributed by atoms with E-state index in [1.54, 1.807) is 6.92 Å². The minimum absolute atomic E-state index is 0.0131. The van der Waals surface area contributed by atoms with Crippen molar-refractivity contribution in [2.24, 2.45) is 11.1 Å². The molecule has 1 aromatic carbocycles. The van der Waals surface area contributed by atoms with Gasteiger partial charge in [0.2, 0.25) is 10.0 Å². The molecule has 1 unspecified atom stereocenters. The normalized spacial score (nSPS) is 13.1. The first kappa shape index (κ1) is 13.7. The molecule has 0 aliphatic heterocycles. The van der Waals surface area contributed by atoms with E-state index in [1.807, 2.05) is 6.92 Å². The van der Waals surface area contributed by atoms with E-state index < -0.39 is 10.0 Å². The largest absolute Gasteiger partial charge is 0.426 e. The van der Waals surface area contributed by atoms with Crippen LogP contribution in [0.3, 0.4) is 0 Å². The van der Waals surface area contributed by atoms with Crippen LogP contribution in [0.1, 0.15) is 20.3 Å². The summed E-state index contributed by atoms with van der Waals surface area (Å²) in [7, 11) is -3.71. The summed E-state index contributed by atoms with van der Waals surface area (Å²) in [6.07, 6.45) is 0.689. The van der Waals surface area contributed by atoms with Crippen LogP contribution in [-0.4, -0.2) is 14.4 Å². The van der Waals surface area contributed by atoms with E-state index in [1.165, 1.54) is 24.3 Å². The summed E-state index contributed by atoms with van der Waals surface area (Å²) < 4.78 is 27.0. The van der Waals surface area contributed by atoms with Gasteiger partial charge in [0.1, 0.15) is 5.75 Å². The van der Waals surface area contributed by atoms with Gasteiger partial charge in [0.15, 0.2) is 0 Å². The molecule has 0 saturated carbocycles. The van der Waals surface area contributed by atoms with E-state index in [9.17, 15) is 13.2 Å². The van der Waals surface area contributed by atoms with Crippen LogP contribution in [0, 0.1) is 5.92 Å². The number of carbonyl (C=O) groups excluding carboxylic acids is 1. The molecule has 0 heterocycles. The molecule has 2 N–H and O–H groups in total. The van der Waals surface area contributed by atoms with Crippen molar-refractivity contribution in [1.82, 2.24) is 0 Å². The smallest absolute Gasteiger partial charge is 0.314 e. The molecule has 1 aromatic rings. The van der Waals surface area contributed by atoms with Gasteiger partial charge in [-0.1, -0.05) is 13.8 Å². The highest BCUT2D eigenvalue weighted by molar-refractivity contribution is 7.89. The Hall–Kier alpha value is -1.40. The standard InChI is InChI=1S/C11H15NO4S/c1-3-8(2)11(13)16-9-4-6-10(7-5-9)17(12,14)15/h4-8H,3H2,1-2H3,(H2,12,14,15). The molecule has 0 saturated heterocycles. The Kier molecular flexibility index (Phi) is 4.25. The highest BCUT2D eigenvalue weighted by atomic mass is 32.2. The quantitative estimate of drug-likeness (QED) is 0.650. The van der Waals surface area contributed by atoms with E-state index in [-0.39, 0.29) is 16.8 Å². The van der Waals surface area contributed by atoms with Gasteiger partial charge in [0, 0.05) is 0 Å². The first-order valence-corrected chi connectivity index (χ1v) is 6.73. The highest BCUT2D eigenvalue weighted by Crippen LogP contribution is 2.16. The maximum absolute atomic E-state index is 11.5. The predicted molar refractivity (Wildman–Crippen MR) is 62.9 cm³/mol. The lowest BCUT2D eigenvalue weighted by Gasteiger charge is -2.08. The zero-order chi connectivity index (χ0) is 13.1. The third-order valence-corrected chi connectivity index (χ3v) is 3.31. The molecular formula is C11H15NO4S. The topological polar surface area (TPSA) is 86.5 Å². The van der Waals surface area contributed by atoms with Crippen LogP contribution in [0.25, 0.3) is 0 Å². The van der Waals surface area contributed by atoms with E-state index in [4.69, 9.17) is 9.88 Å². The molecule has 0 fully saturated rings. The van der Waals surface area contributed by atoms with Gasteiger partial charge < -0.3 is 4.74 Å². The summed E-state index contributed by atoms with van der Waals surface area (Å²) in [5.74, 6) is -0.216. The first-order chi connectivity index (χ1) is 7.84. The van der Waals surface area contributed by atoms with Crippen molar-refractivity contribution in [3.8, 4) is 5.75 Å². The Morgan fingerprint density at radius 1 is 1.35 bits per heavy atom. The number of carbonyl (C=O) groups is 1. The van der Waals surface area contributed by atoms with Gasteiger partial charge in [0.05, 0.1) is 10.8 Å². The van der Waals surface area contributed by atoms with Crippen molar-refractivity contribution in [3.63, 3.8) is 0 Å². The maximum atomic E-state index is 11.5. The molecule has 6 heteroatoms. The lowest BCUT2D eigenvalue weighted by Crippen LogP contribution is -2.17. The fraction of sp³-hybridized carbons (Fsp3) is 0.364. The van der Waals surface area contributed by atoms with Gasteiger partial charge in [0.25, 0.3) is 0 Å². The summed E-state index contributed by atoms with van der Waals surface area (Å²) in [6, 6.07) is 5.41. The second-order valence-corrected chi connectivity index (χ2v) is 5.31. The first-order valence-electron chi connectivity index (χ1n) is 5.19. The van der Waals surface area contributed by atoms with Crippen LogP contribution in [0.15, 0.2) is 29.2 Å². The van der Waals surface area contributed by atoms with E-state index in [0.29, 0.717) is 12.2 Å². The molecule has 0 radical (unpaired) electrons. The van der Waals surface area contributed by atoms with Crippen LogP contribution < -0.4 is 9.88 Å². The monoisotopic (exact) mass is 257 g/mol. The van der Waals surface area contributed by atoms with Gasteiger partial charge >= 0.3 is 5.97 Å². The zero-order valence-corrected chi connectivity index (χ0v) is 10.5. The second-order valence-electron chi connectivity index (χ2n) is 3.75. The molecule has 0 spiro atoms. The third-order valence-electron chi connectivity index (χ3n) is 2.39. The van der Waals surface area contributed by atoms with Gasteiger partial charge in [-0.05, 0) is 30.7 Å². The average Bonchev–Trinajstić information content (AvgIpc) is 2.27. The Morgan fingerprint density at radius 2 is 1.88 bits per heavy atom. The minimum atomic E-state index is -3.71. The summed E-state index contributed by atoms with van der Waals surface area (Å²) in [5, 5.41) is 4.94. The second kappa shape index (κ2) is 5.29. The Morgan fingerprint density at radius 3 is 2.29 bits per heavy atom. The van der Waals surface area contributed by atoms with Gasteiger partial charge in [-0.3, -0.25) is 4.79 Å². The van der Waals surface area contributed by atoms with Crippen molar-refractivity contribution in [3.05, 3.63) is 24.3 Å². The van der Waals surface area contributed by atoms with Crippen LogP contribution >= 0.6 is 0 Å². The van der Waals surface area contributed by atoms with E-state index in [2.05, 4.69) is 0 Å². The lowest BCUT2D eigenvalue weighted by atomic mass is 10.1. The predicted octanol–water partition coefficient (Wildman–Crippen LogP) is 1.29. The average molecular weight is 257 g/mol. The van der Waals surface area contributed by atoms with Crippen LogP contribution in [0.4, 0.5) is 0 Å². The molecule has 0 aliphatic rings. The van der Waals surface area contributed by atoms with Crippen molar-refractivity contribution < 1.29 is 17.9 Å². The number of hydrogen-bond donors (Lipinski definition) is 1. The molecule has 17 heavy (non-hydrogen) atoms. The fourth-order valence-corrected chi connectivity index (χ4v) is 1.60. The number of sulfonamides is 1. The molecule has 0 aromatic heterocycles. The molecule has 0 aliphatic carbocycles. The number of hydrogen-bond acceptors (Lipinski definition) is 4. The van der Waals surface area contributed by atoms with Crippen LogP contribution in [0.5, 0.6) is 5.75 Å². The number of nitrogens with two attached hydrogens (primary N) is 1. The summed E-state index contributed by atoms with van der Waals surface area (Å²) in [5.41, 5.74) is 0. The maximum Gasteiger partial charge on any atom is 0.314 e. The number of benzene rings is 1. The van der Waals surface area contributed by atoms with Crippen molar-refractivity contribution in [1.29, 1.82) is 0 Å². The Bertz CT molecular complexity index is 493. The highest BCUT2D eigenvalue weighted by Gasteiger charge is 2.13. The van der Waals surface area contributed by atoms with Gasteiger partial charge in [-0.25, -0.2) is 13.6 Å². The number of rotatable bonds is 4. The van der Waals surface area contributed by atoms with Crippen LogP contribution in [0.2, 0.25) is 0 Å². The molecule has 0 amide bonds. The van der Waals surface area contributed by atoms with E-state index in [0.717, 1.165) is 0 Å². The number of primary sulfonamides is 1. The molecule has 94 valence electrons. The van der Waals surface area contributed by atoms with Crippen molar-refractivity contribution >= 4 is 16.0 Å². The number of esters is 1. The minimum Gasteiger partial charge on any atom is -0.426 e. The number of ether oxygens (including phenoxy) is 1. The Balaban J connectivity index is 2.79. The van der Waals surface area contributed by atoms with E-state index >= 15 is 0 Å². The summed E-state index contributed by atoms with van der Waals surface area (Å²) in [4.78, 5) is 11.4. The summed E-state index contributed by atoms with van der Waals surface area (Å²) in [6.45, 7) is 3.65. The fourth-order valence-electron chi connectivity index (χ4n) is 1.08. The van der Waals surface area contributed by atoms with Crippen molar-refractivity contribution in [2.45, 2.75) is 25.2 Å². The molecule has 1 atom stereocenters. The van der Waals surface area contributed by atoms with Crippen LogP contribution in [-0.2, 0) is 14.8 Å². The molecule has 0 bridgehead atoms. The molecule has 1 rings (SSSR count). The lowest BCUT2D eigenvalue weighted by molar-refractivity contribution is -0.138.